The standard InChI is InChI=1S/C22H24Cl2N6O/c1-14-13-30-20(26-21(14)28-7-4-5-8-28)11-17(27-30)18-6-2-3-9-29(18)22(31)15-10-19(24)25-12-16(15)23/h10-13,18H,2-9H2,1H3/t18-/m0/s1. The van der Waals surface area contributed by atoms with Gasteiger partial charge in [0.1, 0.15) is 11.0 Å². The van der Waals surface area contributed by atoms with Gasteiger partial charge >= 0.3 is 0 Å². The van der Waals surface area contributed by atoms with E-state index in [0.29, 0.717) is 17.1 Å². The second-order valence-electron chi connectivity index (χ2n) is 8.31. The van der Waals surface area contributed by atoms with E-state index in [-0.39, 0.29) is 17.1 Å². The van der Waals surface area contributed by atoms with E-state index in [1.165, 1.54) is 25.1 Å². The number of likely N-dealkylation sites (tertiary alicyclic amines) is 1. The number of rotatable bonds is 3. The molecule has 1 atom stereocenters. The van der Waals surface area contributed by atoms with Crippen LogP contribution in [-0.2, 0) is 0 Å². The van der Waals surface area contributed by atoms with Crippen molar-refractivity contribution >= 4 is 40.6 Å². The summed E-state index contributed by atoms with van der Waals surface area (Å²) in [5.41, 5.74) is 3.15. The molecule has 2 fully saturated rings. The quantitative estimate of drug-likeness (QED) is 0.531. The maximum Gasteiger partial charge on any atom is 0.256 e. The molecule has 3 aromatic rings. The molecule has 0 aromatic carbocycles. The van der Waals surface area contributed by atoms with Crippen LogP contribution in [0.2, 0.25) is 10.2 Å². The number of hydrogen-bond donors (Lipinski definition) is 0. The molecular formula is C22H24Cl2N6O. The van der Waals surface area contributed by atoms with Crippen molar-refractivity contribution in [2.75, 3.05) is 24.5 Å². The topological polar surface area (TPSA) is 66.6 Å². The number of anilines is 1. The van der Waals surface area contributed by atoms with E-state index in [1.807, 2.05) is 21.7 Å². The first kappa shape index (κ1) is 20.5. The molecule has 2 saturated heterocycles. The Morgan fingerprint density at radius 2 is 1.87 bits per heavy atom. The first-order valence-electron chi connectivity index (χ1n) is 10.7. The molecular weight excluding hydrogens is 435 g/mol. The van der Waals surface area contributed by atoms with Gasteiger partial charge in [-0.1, -0.05) is 23.2 Å². The van der Waals surface area contributed by atoms with Crippen LogP contribution in [0.3, 0.4) is 0 Å². The van der Waals surface area contributed by atoms with Crippen molar-refractivity contribution in [3.8, 4) is 0 Å². The molecule has 9 heteroatoms. The average molecular weight is 459 g/mol. The van der Waals surface area contributed by atoms with Crippen molar-refractivity contribution in [1.29, 1.82) is 0 Å². The highest BCUT2D eigenvalue weighted by Crippen LogP contribution is 2.34. The van der Waals surface area contributed by atoms with Crippen LogP contribution in [0.1, 0.15) is 59.8 Å². The molecule has 0 bridgehead atoms. The summed E-state index contributed by atoms with van der Waals surface area (Å²) in [4.78, 5) is 26.4. The van der Waals surface area contributed by atoms with Gasteiger partial charge in [0.05, 0.1) is 22.3 Å². The molecule has 0 N–H and O–H groups in total. The van der Waals surface area contributed by atoms with Crippen LogP contribution in [-0.4, -0.2) is 50.0 Å². The van der Waals surface area contributed by atoms with Gasteiger partial charge in [-0.05, 0) is 45.1 Å². The molecule has 0 unspecified atom stereocenters. The van der Waals surface area contributed by atoms with E-state index >= 15 is 0 Å². The highest BCUT2D eigenvalue weighted by Gasteiger charge is 2.32. The lowest BCUT2D eigenvalue weighted by atomic mass is 9.98. The summed E-state index contributed by atoms with van der Waals surface area (Å²) in [6.07, 6.45) is 8.71. The van der Waals surface area contributed by atoms with Crippen molar-refractivity contribution in [3.63, 3.8) is 0 Å². The monoisotopic (exact) mass is 458 g/mol. The Morgan fingerprint density at radius 3 is 2.68 bits per heavy atom. The second-order valence-corrected chi connectivity index (χ2v) is 9.11. The number of halogens is 2. The first-order chi connectivity index (χ1) is 15.0. The van der Waals surface area contributed by atoms with Gasteiger partial charge in [-0.15, -0.1) is 0 Å². The Labute approximate surface area is 191 Å². The van der Waals surface area contributed by atoms with E-state index in [4.69, 9.17) is 33.3 Å². The third kappa shape index (κ3) is 3.85. The normalized spacial score (nSPS) is 19.4. The van der Waals surface area contributed by atoms with Crippen molar-refractivity contribution < 1.29 is 4.79 Å². The van der Waals surface area contributed by atoms with Crippen molar-refractivity contribution in [1.82, 2.24) is 24.5 Å². The van der Waals surface area contributed by atoms with Gasteiger partial charge < -0.3 is 9.80 Å². The van der Waals surface area contributed by atoms with E-state index < -0.39 is 0 Å². The summed E-state index contributed by atoms with van der Waals surface area (Å²) in [6.45, 7) is 4.82. The number of nitrogens with zero attached hydrogens (tertiary/aromatic N) is 6. The number of fused-ring (bicyclic) bond motifs is 1. The van der Waals surface area contributed by atoms with Crippen LogP contribution in [0.4, 0.5) is 5.82 Å². The third-order valence-corrected chi connectivity index (χ3v) is 6.69. The number of aryl methyl sites for hydroxylation is 1. The molecule has 2 aliphatic rings. The maximum absolute atomic E-state index is 13.4. The molecule has 0 saturated carbocycles. The van der Waals surface area contributed by atoms with Gasteiger partial charge in [-0.25, -0.2) is 14.5 Å². The first-order valence-corrected chi connectivity index (χ1v) is 11.5. The summed E-state index contributed by atoms with van der Waals surface area (Å²) >= 11 is 12.3. The second kappa shape index (κ2) is 8.28. The maximum atomic E-state index is 13.4. The third-order valence-electron chi connectivity index (χ3n) is 6.19. The van der Waals surface area contributed by atoms with Crippen molar-refractivity contribution in [2.24, 2.45) is 0 Å². The highest BCUT2D eigenvalue weighted by molar-refractivity contribution is 6.35. The highest BCUT2D eigenvalue weighted by atomic mass is 35.5. The lowest BCUT2D eigenvalue weighted by Crippen LogP contribution is -2.38. The molecule has 7 nitrogen and oxygen atoms in total. The lowest BCUT2D eigenvalue weighted by molar-refractivity contribution is 0.0606. The fraction of sp³-hybridized carbons (Fsp3) is 0.455. The number of carbonyl (C=O) groups is 1. The lowest BCUT2D eigenvalue weighted by Gasteiger charge is -2.35. The number of pyridine rings is 1. The van der Waals surface area contributed by atoms with E-state index in [2.05, 4.69) is 16.8 Å². The van der Waals surface area contributed by atoms with E-state index in [9.17, 15) is 4.79 Å². The molecule has 0 spiro atoms. The largest absolute Gasteiger partial charge is 0.356 e. The van der Waals surface area contributed by atoms with Gasteiger partial charge in [-0.2, -0.15) is 5.10 Å². The fourth-order valence-electron chi connectivity index (χ4n) is 4.65. The predicted octanol–water partition coefficient (Wildman–Crippen LogP) is 4.71. The summed E-state index contributed by atoms with van der Waals surface area (Å²) in [7, 11) is 0. The Hall–Kier alpha value is -2.38. The Morgan fingerprint density at radius 1 is 1.10 bits per heavy atom. The smallest absolute Gasteiger partial charge is 0.256 e. The number of hydrogen-bond acceptors (Lipinski definition) is 5. The number of amides is 1. The van der Waals surface area contributed by atoms with Gasteiger partial charge in [0.15, 0.2) is 5.65 Å². The molecule has 31 heavy (non-hydrogen) atoms. The zero-order valence-electron chi connectivity index (χ0n) is 17.4. The summed E-state index contributed by atoms with van der Waals surface area (Å²) in [5, 5.41) is 5.36. The molecule has 3 aromatic heterocycles. The predicted molar refractivity (Wildman–Crippen MR) is 121 cm³/mol. The summed E-state index contributed by atoms with van der Waals surface area (Å²) in [5.74, 6) is 0.893. The zero-order valence-corrected chi connectivity index (χ0v) is 18.9. The molecule has 162 valence electrons. The van der Waals surface area contributed by atoms with E-state index in [1.54, 1.807) is 0 Å². The minimum atomic E-state index is -0.141. The average Bonchev–Trinajstić information content (AvgIpc) is 3.44. The fourth-order valence-corrected chi connectivity index (χ4v) is 4.99. The van der Waals surface area contributed by atoms with Gasteiger partial charge in [0.25, 0.3) is 5.91 Å². The van der Waals surface area contributed by atoms with Crippen LogP contribution >= 0.6 is 23.2 Å². The van der Waals surface area contributed by atoms with Crippen LogP contribution in [0, 0.1) is 6.92 Å². The van der Waals surface area contributed by atoms with Gasteiger partial charge in [-0.3, -0.25) is 4.79 Å². The molecule has 1 amide bonds. The van der Waals surface area contributed by atoms with Gasteiger partial charge in [0.2, 0.25) is 0 Å². The number of carbonyl (C=O) groups excluding carboxylic acids is 1. The Kier molecular flexibility index (Phi) is 5.48. The number of piperidine rings is 1. The zero-order chi connectivity index (χ0) is 21.5. The van der Waals surface area contributed by atoms with E-state index in [0.717, 1.165) is 55.1 Å². The van der Waals surface area contributed by atoms with Crippen molar-refractivity contribution in [3.05, 3.63) is 51.5 Å². The Bertz CT molecular complexity index is 1140. The summed E-state index contributed by atoms with van der Waals surface area (Å²) in [6, 6.07) is 3.42. The number of aromatic nitrogens is 4. The molecule has 2 aliphatic heterocycles. The van der Waals surface area contributed by atoms with Crippen LogP contribution in [0.5, 0.6) is 0 Å². The SMILES string of the molecule is Cc1cn2nc([C@@H]3CCCCN3C(=O)c3cc(Cl)ncc3Cl)cc2nc1N1CCCC1. The molecule has 0 aliphatic carbocycles. The summed E-state index contributed by atoms with van der Waals surface area (Å²) < 4.78 is 1.83. The van der Waals surface area contributed by atoms with Crippen LogP contribution in [0.15, 0.2) is 24.5 Å². The minimum absolute atomic E-state index is 0.124. The van der Waals surface area contributed by atoms with Gasteiger partial charge in [0, 0.05) is 43.7 Å². The van der Waals surface area contributed by atoms with Crippen molar-refractivity contribution in [2.45, 2.75) is 45.1 Å². The minimum Gasteiger partial charge on any atom is -0.356 e. The molecule has 5 heterocycles. The molecule has 5 rings (SSSR count). The van der Waals surface area contributed by atoms with Crippen LogP contribution in [0.25, 0.3) is 5.65 Å². The Balaban J connectivity index is 1.49. The molecule has 0 radical (unpaired) electrons. The van der Waals surface area contributed by atoms with Crippen LogP contribution < -0.4 is 4.90 Å².